The van der Waals surface area contributed by atoms with Crippen LogP contribution >= 0.6 is 15.9 Å². The highest BCUT2D eigenvalue weighted by atomic mass is 79.9. The number of halogens is 3. The summed E-state index contributed by atoms with van der Waals surface area (Å²) in [6.07, 6.45) is 4.52. The molecule has 1 unspecified atom stereocenters. The first-order valence-corrected chi connectivity index (χ1v) is 7.18. The van der Waals surface area contributed by atoms with Gasteiger partial charge in [0, 0.05) is 0 Å². The van der Waals surface area contributed by atoms with Crippen LogP contribution in [0.1, 0.15) is 57.1 Å². The summed E-state index contributed by atoms with van der Waals surface area (Å²) in [6, 6.07) is 2.48. The van der Waals surface area contributed by atoms with E-state index in [9.17, 15) is 13.9 Å². The predicted molar refractivity (Wildman–Crippen MR) is 72.4 cm³/mol. The smallest absolute Gasteiger partial charge is 0.146 e. The quantitative estimate of drug-likeness (QED) is 0.546. The highest BCUT2D eigenvalue weighted by Gasteiger charge is 2.19. The van der Waals surface area contributed by atoms with E-state index < -0.39 is 17.7 Å². The van der Waals surface area contributed by atoms with Gasteiger partial charge in [-0.3, -0.25) is 0 Å². The third-order valence-electron chi connectivity index (χ3n) is 2.99. The van der Waals surface area contributed by atoms with Crippen LogP contribution in [0.5, 0.6) is 0 Å². The van der Waals surface area contributed by atoms with Crippen molar-refractivity contribution in [2.45, 2.75) is 51.6 Å². The maximum Gasteiger partial charge on any atom is 0.146 e. The number of aliphatic hydroxyl groups excluding tert-OH is 1. The molecule has 102 valence electrons. The van der Waals surface area contributed by atoms with Gasteiger partial charge in [-0.25, -0.2) is 8.78 Å². The Morgan fingerprint density at radius 3 is 2.50 bits per heavy atom. The van der Waals surface area contributed by atoms with E-state index in [1.165, 1.54) is 12.1 Å². The average Bonchev–Trinajstić information content (AvgIpc) is 2.34. The third-order valence-corrected chi connectivity index (χ3v) is 3.61. The molecule has 0 amide bonds. The van der Waals surface area contributed by atoms with Crippen LogP contribution in [0.3, 0.4) is 0 Å². The molecule has 1 aromatic rings. The second kappa shape index (κ2) is 7.85. The molecule has 0 fully saturated rings. The van der Waals surface area contributed by atoms with Gasteiger partial charge in [0.2, 0.25) is 0 Å². The first-order valence-electron chi connectivity index (χ1n) is 6.39. The zero-order valence-electron chi connectivity index (χ0n) is 10.6. The van der Waals surface area contributed by atoms with Crippen LogP contribution < -0.4 is 0 Å². The van der Waals surface area contributed by atoms with Gasteiger partial charge >= 0.3 is 0 Å². The molecule has 4 heteroatoms. The Kier molecular flexibility index (Phi) is 6.79. The lowest BCUT2D eigenvalue weighted by molar-refractivity contribution is 0.153. The maximum atomic E-state index is 13.7. The molecule has 0 bridgehead atoms. The lowest BCUT2D eigenvalue weighted by Crippen LogP contribution is -2.05. The zero-order valence-corrected chi connectivity index (χ0v) is 12.1. The summed E-state index contributed by atoms with van der Waals surface area (Å²) in [4.78, 5) is 0. The van der Waals surface area contributed by atoms with Gasteiger partial charge in [0.15, 0.2) is 0 Å². The van der Waals surface area contributed by atoms with E-state index in [1.807, 2.05) is 0 Å². The Balaban J connectivity index is 2.56. The molecule has 0 radical (unpaired) electrons. The van der Waals surface area contributed by atoms with Gasteiger partial charge < -0.3 is 5.11 Å². The van der Waals surface area contributed by atoms with Crippen LogP contribution in [0.4, 0.5) is 8.78 Å². The Morgan fingerprint density at radius 1 is 1.17 bits per heavy atom. The predicted octanol–water partition coefficient (Wildman–Crippen LogP) is 5.12. The SMILES string of the molecule is CCCCCCCC(O)c1c(F)ccc(Br)c1F. The highest BCUT2D eigenvalue weighted by molar-refractivity contribution is 9.10. The molecule has 18 heavy (non-hydrogen) atoms. The molecule has 1 rings (SSSR count). The fourth-order valence-corrected chi connectivity index (χ4v) is 2.28. The van der Waals surface area contributed by atoms with E-state index in [-0.39, 0.29) is 10.0 Å². The highest BCUT2D eigenvalue weighted by Crippen LogP contribution is 2.29. The number of hydrogen-bond donors (Lipinski definition) is 1. The van der Waals surface area contributed by atoms with E-state index in [0.717, 1.165) is 32.1 Å². The van der Waals surface area contributed by atoms with E-state index in [4.69, 9.17) is 0 Å². The third kappa shape index (κ3) is 4.32. The Hall–Kier alpha value is -0.480. The number of unbranched alkanes of at least 4 members (excludes halogenated alkanes) is 4. The van der Waals surface area contributed by atoms with Gasteiger partial charge in [-0.15, -0.1) is 0 Å². The van der Waals surface area contributed by atoms with Gasteiger partial charge in [0.25, 0.3) is 0 Å². The molecule has 1 atom stereocenters. The molecule has 0 aliphatic heterocycles. The summed E-state index contributed by atoms with van der Waals surface area (Å²) in [7, 11) is 0. The van der Waals surface area contributed by atoms with Crippen LogP contribution in [0.2, 0.25) is 0 Å². The van der Waals surface area contributed by atoms with Crippen LogP contribution in [0.15, 0.2) is 16.6 Å². The standard InChI is InChI=1S/C14H19BrF2O/c1-2-3-4-5-6-7-12(18)13-11(16)9-8-10(15)14(13)17/h8-9,12,18H,2-7H2,1H3. The molecule has 0 aromatic heterocycles. The van der Waals surface area contributed by atoms with E-state index in [2.05, 4.69) is 22.9 Å². The van der Waals surface area contributed by atoms with Crippen molar-refractivity contribution in [3.63, 3.8) is 0 Å². The van der Waals surface area contributed by atoms with Crippen LogP contribution in [0.25, 0.3) is 0 Å². The summed E-state index contributed by atoms with van der Waals surface area (Å²) in [5.41, 5.74) is -0.222. The van der Waals surface area contributed by atoms with Gasteiger partial charge in [0.05, 0.1) is 16.1 Å². The molecule has 0 spiro atoms. The van der Waals surface area contributed by atoms with Crippen molar-refractivity contribution in [3.8, 4) is 0 Å². The molecule has 1 nitrogen and oxygen atoms in total. The summed E-state index contributed by atoms with van der Waals surface area (Å²) < 4.78 is 27.4. The van der Waals surface area contributed by atoms with Gasteiger partial charge in [-0.1, -0.05) is 39.0 Å². The second-order valence-electron chi connectivity index (χ2n) is 4.48. The first-order chi connectivity index (χ1) is 8.57. The van der Waals surface area contributed by atoms with Gasteiger partial charge in [0.1, 0.15) is 11.6 Å². The average molecular weight is 321 g/mol. The Bertz CT molecular complexity index is 382. The molecule has 1 N–H and O–H groups in total. The van der Waals surface area contributed by atoms with Crippen LogP contribution in [-0.2, 0) is 0 Å². The molecule has 0 aliphatic rings. The van der Waals surface area contributed by atoms with Gasteiger partial charge in [-0.05, 0) is 34.5 Å². The minimum absolute atomic E-state index is 0.184. The Morgan fingerprint density at radius 2 is 1.83 bits per heavy atom. The second-order valence-corrected chi connectivity index (χ2v) is 5.33. The van der Waals surface area contributed by atoms with E-state index in [0.29, 0.717) is 6.42 Å². The summed E-state index contributed by atoms with van der Waals surface area (Å²) in [5.74, 6) is -1.38. The van der Waals surface area contributed by atoms with Crippen molar-refractivity contribution < 1.29 is 13.9 Å². The molecule has 0 saturated carbocycles. The molecule has 1 aromatic carbocycles. The monoisotopic (exact) mass is 320 g/mol. The lowest BCUT2D eigenvalue weighted by Gasteiger charge is -2.13. The number of hydrogen-bond acceptors (Lipinski definition) is 1. The fourth-order valence-electron chi connectivity index (χ4n) is 1.93. The van der Waals surface area contributed by atoms with E-state index >= 15 is 0 Å². The number of benzene rings is 1. The van der Waals surface area contributed by atoms with Crippen molar-refractivity contribution in [2.75, 3.05) is 0 Å². The fraction of sp³-hybridized carbons (Fsp3) is 0.571. The van der Waals surface area contributed by atoms with Crippen molar-refractivity contribution in [3.05, 3.63) is 33.8 Å². The van der Waals surface area contributed by atoms with Crippen molar-refractivity contribution >= 4 is 15.9 Å². The topological polar surface area (TPSA) is 20.2 Å². The molecule has 0 saturated heterocycles. The Labute approximate surface area is 115 Å². The minimum Gasteiger partial charge on any atom is -0.388 e. The van der Waals surface area contributed by atoms with Crippen molar-refractivity contribution in [1.82, 2.24) is 0 Å². The van der Waals surface area contributed by atoms with Crippen LogP contribution in [0, 0.1) is 11.6 Å². The van der Waals surface area contributed by atoms with Crippen LogP contribution in [-0.4, -0.2) is 5.11 Å². The minimum atomic E-state index is -1.07. The largest absolute Gasteiger partial charge is 0.388 e. The molecular weight excluding hydrogens is 302 g/mol. The molecule has 0 aliphatic carbocycles. The van der Waals surface area contributed by atoms with Gasteiger partial charge in [-0.2, -0.15) is 0 Å². The van der Waals surface area contributed by atoms with E-state index in [1.54, 1.807) is 0 Å². The zero-order chi connectivity index (χ0) is 13.5. The summed E-state index contributed by atoms with van der Waals surface area (Å²) in [5, 5.41) is 9.86. The molecule has 0 heterocycles. The van der Waals surface area contributed by atoms with Crippen molar-refractivity contribution in [2.24, 2.45) is 0 Å². The number of rotatable bonds is 7. The number of aliphatic hydroxyl groups is 1. The summed E-state index contributed by atoms with van der Waals surface area (Å²) in [6.45, 7) is 2.13. The lowest BCUT2D eigenvalue weighted by atomic mass is 10.0. The first kappa shape index (κ1) is 15.6. The summed E-state index contributed by atoms with van der Waals surface area (Å²) >= 11 is 3.00. The molecular formula is C14H19BrF2O. The normalized spacial score (nSPS) is 12.7. The van der Waals surface area contributed by atoms with Crippen molar-refractivity contribution in [1.29, 1.82) is 0 Å². The maximum absolute atomic E-state index is 13.7.